The summed E-state index contributed by atoms with van der Waals surface area (Å²) in [6, 6.07) is 0. The van der Waals surface area contributed by atoms with E-state index >= 15 is 0 Å². The summed E-state index contributed by atoms with van der Waals surface area (Å²) in [6.07, 6.45) is 0.284. The van der Waals surface area contributed by atoms with E-state index in [-0.39, 0.29) is 12.4 Å². The van der Waals surface area contributed by atoms with E-state index < -0.39 is 0 Å². The van der Waals surface area contributed by atoms with Crippen molar-refractivity contribution in [3.8, 4) is 11.8 Å². The molecule has 0 aromatic carbocycles. The molecule has 0 aliphatic rings. The van der Waals surface area contributed by atoms with Crippen molar-refractivity contribution in [2.45, 2.75) is 13.3 Å². The largest absolute Gasteiger partial charge is 0.469 e. The van der Waals surface area contributed by atoms with Gasteiger partial charge < -0.3 is 4.74 Å². The summed E-state index contributed by atoms with van der Waals surface area (Å²) in [6.45, 7) is 5.45. The van der Waals surface area contributed by atoms with E-state index in [1.54, 1.807) is 0 Å². The van der Waals surface area contributed by atoms with Gasteiger partial charge in [0.1, 0.15) is 7.85 Å². The van der Waals surface area contributed by atoms with Gasteiger partial charge >= 0.3 is 5.97 Å². The highest BCUT2D eigenvalue weighted by Gasteiger charge is 2.02. The maximum Gasteiger partial charge on any atom is 0.309 e. The van der Waals surface area contributed by atoms with E-state index in [9.17, 15) is 4.79 Å². The molecule has 0 amide bonds. The zero-order valence-electron chi connectivity index (χ0n) is 8.61. The van der Waals surface area contributed by atoms with Gasteiger partial charge in [0.2, 0.25) is 0 Å². The van der Waals surface area contributed by atoms with E-state index in [2.05, 4.69) is 39.1 Å². The average molecular weight is 255 g/mol. The lowest BCUT2D eigenvalue weighted by molar-refractivity contribution is -0.139. The van der Waals surface area contributed by atoms with Crippen molar-refractivity contribution in [3.63, 3.8) is 0 Å². The van der Waals surface area contributed by atoms with Crippen molar-refractivity contribution in [3.05, 3.63) is 22.1 Å². The minimum absolute atomic E-state index is 0.249. The number of carbonyl (C=O) groups is 1. The number of methoxy groups -OCH3 is 1. The molecule has 0 unspecified atom stereocenters. The number of esters is 1. The minimum atomic E-state index is -0.249. The number of allylic oxidation sites excluding steroid dienone is 2. The molecule has 0 aromatic rings. The Hall–Kier alpha value is -0.945. The standard InChI is InChI=1S/C10H12BBrO2/c1-7(6-10(13)14-3)9(11)5-4-8(2)12/h2,6,11H2,1,3H3/b9-7-. The Morgan fingerprint density at radius 2 is 2.14 bits per heavy atom. The SMILES string of the molecule is B/C(C#CC(=C)Br)=C(/C)CC(=O)OC. The summed E-state index contributed by atoms with van der Waals surface area (Å²) in [7, 11) is 3.23. The van der Waals surface area contributed by atoms with Crippen molar-refractivity contribution >= 4 is 29.7 Å². The van der Waals surface area contributed by atoms with Crippen LogP contribution in [-0.4, -0.2) is 20.9 Å². The number of halogens is 1. The van der Waals surface area contributed by atoms with Gasteiger partial charge in [-0.1, -0.05) is 24.0 Å². The highest BCUT2D eigenvalue weighted by molar-refractivity contribution is 9.12. The summed E-state index contributed by atoms with van der Waals surface area (Å²) < 4.78 is 5.18. The van der Waals surface area contributed by atoms with Crippen LogP contribution in [0, 0.1) is 11.8 Å². The lowest BCUT2D eigenvalue weighted by Gasteiger charge is -2.00. The second-order valence-electron chi connectivity index (χ2n) is 2.81. The lowest BCUT2D eigenvalue weighted by atomic mass is 9.90. The third-order valence-corrected chi connectivity index (χ3v) is 1.86. The molecule has 0 aromatic heterocycles. The molecule has 0 radical (unpaired) electrons. The molecule has 0 saturated carbocycles. The Morgan fingerprint density at radius 3 is 2.57 bits per heavy atom. The van der Waals surface area contributed by atoms with E-state index in [0.29, 0.717) is 4.48 Å². The Morgan fingerprint density at radius 1 is 1.57 bits per heavy atom. The maximum absolute atomic E-state index is 10.9. The average Bonchev–Trinajstić information content (AvgIpc) is 2.13. The van der Waals surface area contributed by atoms with Crippen LogP contribution in [0.25, 0.3) is 0 Å². The zero-order valence-corrected chi connectivity index (χ0v) is 10.2. The lowest BCUT2D eigenvalue weighted by Crippen LogP contribution is -2.01. The van der Waals surface area contributed by atoms with Gasteiger partial charge in [0, 0.05) is 0 Å². The predicted octanol–water partition coefficient (Wildman–Crippen LogP) is 1.37. The molecule has 0 spiro atoms. The molecule has 0 atom stereocenters. The summed E-state index contributed by atoms with van der Waals surface area (Å²) in [5.41, 5.74) is 1.79. The summed E-state index contributed by atoms with van der Waals surface area (Å²) >= 11 is 3.13. The van der Waals surface area contributed by atoms with Crippen LogP contribution in [0.5, 0.6) is 0 Å². The van der Waals surface area contributed by atoms with E-state index in [4.69, 9.17) is 0 Å². The van der Waals surface area contributed by atoms with Gasteiger partial charge in [-0.3, -0.25) is 4.79 Å². The molecule has 4 heteroatoms. The molecule has 0 N–H and O–H groups in total. The number of carbonyl (C=O) groups excluding carboxylic acids is 1. The fourth-order valence-electron chi connectivity index (χ4n) is 0.690. The molecular weight excluding hydrogens is 243 g/mol. The van der Waals surface area contributed by atoms with Gasteiger partial charge in [-0.2, -0.15) is 0 Å². The van der Waals surface area contributed by atoms with Crippen LogP contribution in [0.2, 0.25) is 0 Å². The molecule has 14 heavy (non-hydrogen) atoms. The highest BCUT2D eigenvalue weighted by atomic mass is 79.9. The summed E-state index contributed by atoms with van der Waals surface area (Å²) in [4.78, 5) is 10.9. The first kappa shape index (κ1) is 13.1. The number of hydrogen-bond acceptors (Lipinski definition) is 2. The summed E-state index contributed by atoms with van der Waals surface area (Å²) in [5, 5.41) is 0. The first-order valence-electron chi connectivity index (χ1n) is 4.07. The second-order valence-corrected chi connectivity index (χ2v) is 3.77. The molecule has 2 nitrogen and oxygen atoms in total. The Balaban J connectivity index is 4.54. The van der Waals surface area contributed by atoms with Crippen LogP contribution in [-0.2, 0) is 9.53 Å². The molecule has 0 aliphatic carbocycles. The molecule has 0 rings (SSSR count). The van der Waals surface area contributed by atoms with Crippen LogP contribution < -0.4 is 0 Å². The fourth-order valence-corrected chi connectivity index (χ4v) is 0.789. The van der Waals surface area contributed by atoms with Crippen molar-refractivity contribution in [1.29, 1.82) is 0 Å². The Bertz CT molecular complexity index is 334. The third-order valence-electron chi connectivity index (χ3n) is 1.66. The monoisotopic (exact) mass is 254 g/mol. The smallest absolute Gasteiger partial charge is 0.309 e. The van der Waals surface area contributed by atoms with Gasteiger partial charge in [-0.05, 0) is 28.3 Å². The number of ether oxygens (including phenoxy) is 1. The highest BCUT2D eigenvalue weighted by Crippen LogP contribution is 2.06. The quantitative estimate of drug-likeness (QED) is 0.423. The van der Waals surface area contributed by atoms with Crippen LogP contribution in [0.4, 0.5) is 0 Å². The molecule has 0 saturated heterocycles. The number of rotatable bonds is 2. The zero-order chi connectivity index (χ0) is 11.1. The molecule has 0 bridgehead atoms. The molecule has 0 aliphatic heterocycles. The Labute approximate surface area is 93.9 Å². The van der Waals surface area contributed by atoms with Gasteiger partial charge in [0.05, 0.1) is 18.0 Å². The first-order chi connectivity index (χ1) is 6.47. The molecule has 74 valence electrons. The van der Waals surface area contributed by atoms with Gasteiger partial charge in [0.25, 0.3) is 0 Å². The van der Waals surface area contributed by atoms with Gasteiger partial charge in [-0.25, -0.2) is 0 Å². The van der Waals surface area contributed by atoms with Gasteiger partial charge in [-0.15, -0.1) is 0 Å². The molecule has 0 fully saturated rings. The van der Waals surface area contributed by atoms with Crippen molar-refractivity contribution < 1.29 is 9.53 Å². The van der Waals surface area contributed by atoms with Crippen molar-refractivity contribution in [2.24, 2.45) is 0 Å². The predicted molar refractivity (Wildman–Crippen MR) is 63.7 cm³/mol. The topological polar surface area (TPSA) is 26.3 Å². The maximum atomic E-state index is 10.9. The summed E-state index contributed by atoms with van der Waals surface area (Å²) in [5.74, 6) is 5.42. The first-order valence-corrected chi connectivity index (χ1v) is 4.86. The normalized spacial score (nSPS) is 10.8. The van der Waals surface area contributed by atoms with E-state index in [1.807, 2.05) is 14.8 Å². The van der Waals surface area contributed by atoms with Crippen molar-refractivity contribution in [1.82, 2.24) is 0 Å². The van der Waals surface area contributed by atoms with E-state index in [0.717, 1.165) is 11.0 Å². The van der Waals surface area contributed by atoms with Gasteiger partial charge in [0.15, 0.2) is 0 Å². The van der Waals surface area contributed by atoms with Crippen LogP contribution in [0.1, 0.15) is 13.3 Å². The van der Waals surface area contributed by atoms with Crippen LogP contribution in [0.15, 0.2) is 22.1 Å². The third kappa shape index (κ3) is 5.66. The fraction of sp³-hybridized carbons (Fsp3) is 0.300. The van der Waals surface area contributed by atoms with Crippen LogP contribution in [0.3, 0.4) is 0 Å². The minimum Gasteiger partial charge on any atom is -0.469 e. The van der Waals surface area contributed by atoms with E-state index in [1.165, 1.54) is 7.11 Å². The molecular formula is C10H12BBrO2. The van der Waals surface area contributed by atoms with Crippen LogP contribution >= 0.6 is 15.9 Å². The molecule has 0 heterocycles. The number of hydrogen-bond donors (Lipinski definition) is 0. The Kier molecular flexibility index (Phi) is 6.06. The second kappa shape index (κ2) is 6.50. The van der Waals surface area contributed by atoms with Crippen molar-refractivity contribution in [2.75, 3.05) is 7.11 Å².